The van der Waals surface area contributed by atoms with Gasteiger partial charge in [0.05, 0.1) is 22.2 Å². The molecule has 0 radical (unpaired) electrons. The quantitative estimate of drug-likeness (QED) is 0.414. The molecule has 0 aliphatic heterocycles. The molecular formula is C23H23ClN2O3S. The topological polar surface area (TPSA) is 67.4 Å². The second-order valence-corrected chi connectivity index (χ2v) is 8.01. The fourth-order valence-corrected chi connectivity index (χ4v) is 3.50. The van der Waals surface area contributed by atoms with E-state index < -0.39 is 0 Å². The van der Waals surface area contributed by atoms with E-state index in [-0.39, 0.29) is 11.8 Å². The Hall–Kier alpha value is -2.83. The summed E-state index contributed by atoms with van der Waals surface area (Å²) in [7, 11) is 0. The monoisotopic (exact) mass is 442 g/mol. The molecule has 2 N–H and O–H groups in total. The minimum atomic E-state index is -0.260. The van der Waals surface area contributed by atoms with E-state index in [9.17, 15) is 9.59 Å². The molecule has 3 aromatic rings. The number of carbonyl (C=O) groups excluding carboxylic acids is 2. The molecule has 0 aliphatic carbocycles. The Bertz CT molecular complexity index is 1010. The maximum atomic E-state index is 12.6. The fourth-order valence-electron chi connectivity index (χ4n) is 2.72. The number of hydrogen-bond acceptors (Lipinski definition) is 4. The standard InChI is InChI=1S/C23H23ClN2O3S/c1-2-3-11-29-18-7-4-6-16(13-18)15-25-22(27)17-9-10-19(24)20(14-17)26-23(28)21-8-5-12-30-21/h4-10,12-14H,2-3,11,15H2,1H3,(H,25,27)(H,26,28). The molecule has 0 aliphatic rings. The fraction of sp³-hybridized carbons (Fsp3) is 0.217. The third-order valence-electron chi connectivity index (χ3n) is 4.34. The first-order valence-electron chi connectivity index (χ1n) is 9.71. The van der Waals surface area contributed by atoms with Crippen LogP contribution in [-0.4, -0.2) is 18.4 Å². The summed E-state index contributed by atoms with van der Waals surface area (Å²) in [6.45, 7) is 3.16. The minimum Gasteiger partial charge on any atom is -0.494 e. The van der Waals surface area contributed by atoms with Crippen LogP contribution in [0.4, 0.5) is 5.69 Å². The van der Waals surface area contributed by atoms with Crippen molar-refractivity contribution in [3.05, 3.63) is 81.0 Å². The molecule has 1 heterocycles. The van der Waals surface area contributed by atoms with Crippen LogP contribution in [0, 0.1) is 0 Å². The maximum absolute atomic E-state index is 12.6. The second kappa shape index (κ2) is 10.8. The third-order valence-corrected chi connectivity index (χ3v) is 5.54. The van der Waals surface area contributed by atoms with Crippen molar-refractivity contribution in [3.63, 3.8) is 0 Å². The van der Waals surface area contributed by atoms with Crippen LogP contribution in [0.25, 0.3) is 0 Å². The Balaban J connectivity index is 1.62. The van der Waals surface area contributed by atoms with Crippen LogP contribution in [0.1, 0.15) is 45.4 Å². The van der Waals surface area contributed by atoms with E-state index in [0.717, 1.165) is 24.2 Å². The SMILES string of the molecule is CCCCOc1cccc(CNC(=O)c2ccc(Cl)c(NC(=O)c3cccs3)c2)c1. The Morgan fingerprint density at radius 2 is 1.93 bits per heavy atom. The largest absolute Gasteiger partial charge is 0.494 e. The third kappa shape index (κ3) is 6.08. The molecule has 5 nitrogen and oxygen atoms in total. The van der Waals surface area contributed by atoms with Crippen molar-refractivity contribution >= 4 is 40.4 Å². The number of unbranched alkanes of at least 4 members (excludes halogenated alkanes) is 1. The molecule has 0 atom stereocenters. The lowest BCUT2D eigenvalue weighted by Gasteiger charge is -2.11. The summed E-state index contributed by atoms with van der Waals surface area (Å²) in [4.78, 5) is 25.4. The first kappa shape index (κ1) is 21.9. The molecule has 7 heteroatoms. The zero-order chi connectivity index (χ0) is 21.3. The summed E-state index contributed by atoms with van der Waals surface area (Å²) in [5.41, 5.74) is 1.75. The number of carbonyl (C=O) groups is 2. The Morgan fingerprint density at radius 3 is 2.70 bits per heavy atom. The summed E-state index contributed by atoms with van der Waals surface area (Å²) in [5.74, 6) is 0.278. The van der Waals surface area contributed by atoms with Gasteiger partial charge in [-0.3, -0.25) is 9.59 Å². The number of amides is 2. The van der Waals surface area contributed by atoms with Crippen LogP contribution < -0.4 is 15.4 Å². The van der Waals surface area contributed by atoms with Gasteiger partial charge in [-0.1, -0.05) is 43.1 Å². The molecule has 0 spiro atoms. The number of thiophene rings is 1. The van der Waals surface area contributed by atoms with Crippen molar-refractivity contribution in [1.82, 2.24) is 5.32 Å². The molecule has 0 saturated heterocycles. The average Bonchev–Trinajstić information content (AvgIpc) is 3.29. The number of anilines is 1. The van der Waals surface area contributed by atoms with Gasteiger partial charge in [0.2, 0.25) is 0 Å². The van der Waals surface area contributed by atoms with Gasteiger partial charge in [0, 0.05) is 12.1 Å². The second-order valence-electron chi connectivity index (χ2n) is 6.66. The van der Waals surface area contributed by atoms with E-state index in [4.69, 9.17) is 16.3 Å². The van der Waals surface area contributed by atoms with Crippen LogP contribution in [0.5, 0.6) is 5.75 Å². The van der Waals surface area contributed by atoms with Crippen molar-refractivity contribution in [2.75, 3.05) is 11.9 Å². The van der Waals surface area contributed by atoms with Gasteiger partial charge < -0.3 is 15.4 Å². The average molecular weight is 443 g/mol. The molecular weight excluding hydrogens is 420 g/mol. The summed E-state index contributed by atoms with van der Waals surface area (Å²) in [5, 5.41) is 7.84. The minimum absolute atomic E-state index is 0.254. The molecule has 3 rings (SSSR count). The van der Waals surface area contributed by atoms with Gasteiger partial charge in [-0.05, 0) is 53.8 Å². The molecule has 0 fully saturated rings. The van der Waals surface area contributed by atoms with Gasteiger partial charge in [-0.25, -0.2) is 0 Å². The van der Waals surface area contributed by atoms with Gasteiger partial charge >= 0.3 is 0 Å². The van der Waals surface area contributed by atoms with Gasteiger partial charge in [0.15, 0.2) is 0 Å². The van der Waals surface area contributed by atoms with Crippen molar-refractivity contribution in [1.29, 1.82) is 0 Å². The highest BCUT2D eigenvalue weighted by atomic mass is 35.5. The number of ether oxygens (including phenoxy) is 1. The number of rotatable bonds is 9. The highest BCUT2D eigenvalue weighted by Crippen LogP contribution is 2.24. The van der Waals surface area contributed by atoms with Gasteiger partial charge in [0.25, 0.3) is 11.8 Å². The van der Waals surface area contributed by atoms with E-state index in [0.29, 0.717) is 34.3 Å². The Morgan fingerprint density at radius 1 is 1.07 bits per heavy atom. The van der Waals surface area contributed by atoms with Crippen molar-refractivity contribution in [3.8, 4) is 5.75 Å². The zero-order valence-corrected chi connectivity index (χ0v) is 18.2. The van der Waals surface area contributed by atoms with Gasteiger partial charge in [-0.2, -0.15) is 0 Å². The lowest BCUT2D eigenvalue weighted by atomic mass is 10.1. The summed E-state index contributed by atoms with van der Waals surface area (Å²) < 4.78 is 5.71. The maximum Gasteiger partial charge on any atom is 0.265 e. The first-order chi connectivity index (χ1) is 14.6. The molecule has 2 aromatic carbocycles. The van der Waals surface area contributed by atoms with E-state index >= 15 is 0 Å². The van der Waals surface area contributed by atoms with E-state index in [2.05, 4.69) is 17.6 Å². The molecule has 0 saturated carbocycles. The number of benzene rings is 2. The zero-order valence-electron chi connectivity index (χ0n) is 16.6. The van der Waals surface area contributed by atoms with E-state index in [1.165, 1.54) is 11.3 Å². The molecule has 2 amide bonds. The molecule has 0 unspecified atom stereocenters. The number of nitrogens with one attached hydrogen (secondary N) is 2. The Labute approximate surface area is 185 Å². The number of hydrogen-bond donors (Lipinski definition) is 2. The van der Waals surface area contributed by atoms with Crippen molar-refractivity contribution in [2.45, 2.75) is 26.3 Å². The van der Waals surface area contributed by atoms with Crippen LogP contribution in [0.2, 0.25) is 5.02 Å². The summed E-state index contributed by atoms with van der Waals surface area (Å²) in [6.07, 6.45) is 2.08. The predicted molar refractivity (Wildman–Crippen MR) is 122 cm³/mol. The van der Waals surface area contributed by atoms with Gasteiger partial charge in [0.1, 0.15) is 5.75 Å². The normalized spacial score (nSPS) is 10.5. The summed E-state index contributed by atoms with van der Waals surface area (Å²) in [6, 6.07) is 16.0. The molecule has 30 heavy (non-hydrogen) atoms. The highest BCUT2D eigenvalue weighted by Gasteiger charge is 2.13. The van der Waals surface area contributed by atoms with Gasteiger partial charge in [-0.15, -0.1) is 11.3 Å². The Kier molecular flexibility index (Phi) is 7.88. The summed E-state index contributed by atoms with van der Waals surface area (Å²) >= 11 is 7.53. The molecule has 1 aromatic heterocycles. The van der Waals surface area contributed by atoms with Crippen LogP contribution in [0.3, 0.4) is 0 Å². The van der Waals surface area contributed by atoms with Crippen molar-refractivity contribution in [2.24, 2.45) is 0 Å². The predicted octanol–water partition coefficient (Wildman–Crippen LogP) is 5.76. The lowest BCUT2D eigenvalue weighted by Crippen LogP contribution is -2.23. The highest BCUT2D eigenvalue weighted by molar-refractivity contribution is 7.12. The van der Waals surface area contributed by atoms with Crippen LogP contribution in [-0.2, 0) is 6.54 Å². The lowest BCUT2D eigenvalue weighted by molar-refractivity contribution is 0.0949. The number of halogens is 1. The smallest absolute Gasteiger partial charge is 0.265 e. The van der Waals surface area contributed by atoms with Crippen molar-refractivity contribution < 1.29 is 14.3 Å². The van der Waals surface area contributed by atoms with Crippen LogP contribution in [0.15, 0.2) is 60.0 Å². The molecule has 156 valence electrons. The van der Waals surface area contributed by atoms with E-state index in [1.54, 1.807) is 30.3 Å². The van der Waals surface area contributed by atoms with Crippen LogP contribution >= 0.6 is 22.9 Å². The van der Waals surface area contributed by atoms with E-state index in [1.807, 2.05) is 29.6 Å². The first-order valence-corrected chi connectivity index (χ1v) is 11.0. The molecule has 0 bridgehead atoms.